The van der Waals surface area contributed by atoms with Crippen molar-refractivity contribution in [2.45, 2.75) is 39.5 Å². The van der Waals surface area contributed by atoms with E-state index >= 15 is 0 Å². The quantitative estimate of drug-likeness (QED) is 0.533. The van der Waals surface area contributed by atoms with Crippen molar-refractivity contribution >= 4 is 23.4 Å². The summed E-state index contributed by atoms with van der Waals surface area (Å²) < 4.78 is 15.4. The number of nitrogens with one attached hydrogen (secondary N) is 2. The monoisotopic (exact) mass is 418 g/mol. The number of ether oxygens (including phenoxy) is 2. The van der Waals surface area contributed by atoms with Gasteiger partial charge in [-0.2, -0.15) is 0 Å². The minimum atomic E-state index is -0.381. The van der Waals surface area contributed by atoms with Gasteiger partial charge in [0.2, 0.25) is 5.91 Å². The second kappa shape index (κ2) is 11.7. The normalized spacial score (nSPS) is 10.4. The predicted molar refractivity (Wildman–Crippen MR) is 114 cm³/mol. The number of methoxy groups -OCH3 is 2. The first-order valence-electron chi connectivity index (χ1n) is 9.97. The van der Waals surface area contributed by atoms with Crippen molar-refractivity contribution in [3.05, 3.63) is 30.0 Å². The predicted octanol–water partition coefficient (Wildman–Crippen LogP) is 4.05. The molecule has 30 heavy (non-hydrogen) atoms. The zero-order chi connectivity index (χ0) is 21.9. The average molecular weight is 418 g/mol. The summed E-state index contributed by atoms with van der Waals surface area (Å²) in [6.07, 6.45) is 3.95. The molecule has 0 saturated carbocycles. The van der Waals surface area contributed by atoms with E-state index in [9.17, 15) is 9.59 Å². The first-order chi connectivity index (χ1) is 14.4. The maximum Gasteiger partial charge on any atom is 0.322 e. The second-order valence-corrected chi connectivity index (χ2v) is 6.88. The number of urea groups is 1. The zero-order valence-electron chi connectivity index (χ0n) is 18.0. The molecule has 3 amide bonds. The summed E-state index contributed by atoms with van der Waals surface area (Å²) in [6.45, 7) is 4.20. The van der Waals surface area contributed by atoms with Gasteiger partial charge in [0.1, 0.15) is 23.8 Å². The Balaban J connectivity index is 2.06. The lowest BCUT2D eigenvalue weighted by atomic mass is 10.2. The number of benzene rings is 1. The van der Waals surface area contributed by atoms with Crippen molar-refractivity contribution in [2.24, 2.45) is 0 Å². The van der Waals surface area contributed by atoms with E-state index in [1.807, 2.05) is 0 Å². The van der Waals surface area contributed by atoms with Crippen molar-refractivity contribution in [3.8, 4) is 11.5 Å². The van der Waals surface area contributed by atoms with Gasteiger partial charge in [-0.25, -0.2) is 4.79 Å². The Morgan fingerprint density at radius 1 is 1.03 bits per heavy atom. The molecule has 0 bridgehead atoms. The van der Waals surface area contributed by atoms with Gasteiger partial charge in [-0.3, -0.25) is 4.79 Å². The lowest BCUT2D eigenvalue weighted by molar-refractivity contribution is -0.116. The maximum absolute atomic E-state index is 12.9. The van der Waals surface area contributed by atoms with Crippen LogP contribution in [-0.4, -0.2) is 49.3 Å². The standard InChI is InChI=1S/C21H30N4O5/c1-5-6-7-8-9-25(14-20(26)23-19-10-15(2)30-24-19)21(27)22-16-11-17(28-3)13-18(12-16)29-4/h10-13H,5-9,14H2,1-4H3,(H,22,27)(H,23,24,26). The van der Waals surface area contributed by atoms with Gasteiger partial charge in [-0.1, -0.05) is 31.3 Å². The summed E-state index contributed by atoms with van der Waals surface area (Å²) in [5, 5.41) is 9.21. The molecule has 1 aromatic carbocycles. The van der Waals surface area contributed by atoms with Gasteiger partial charge in [0, 0.05) is 36.5 Å². The smallest absolute Gasteiger partial charge is 0.322 e. The van der Waals surface area contributed by atoms with Crippen molar-refractivity contribution in [3.63, 3.8) is 0 Å². The van der Waals surface area contributed by atoms with Crippen LogP contribution in [0.2, 0.25) is 0 Å². The maximum atomic E-state index is 12.9. The number of aromatic nitrogens is 1. The second-order valence-electron chi connectivity index (χ2n) is 6.88. The molecule has 1 heterocycles. The molecular formula is C21H30N4O5. The molecule has 0 fully saturated rings. The van der Waals surface area contributed by atoms with Gasteiger partial charge >= 0.3 is 6.03 Å². The minimum Gasteiger partial charge on any atom is -0.497 e. The zero-order valence-corrected chi connectivity index (χ0v) is 18.0. The molecule has 0 unspecified atom stereocenters. The Morgan fingerprint density at radius 3 is 2.30 bits per heavy atom. The lowest BCUT2D eigenvalue weighted by Crippen LogP contribution is -2.41. The van der Waals surface area contributed by atoms with Crippen LogP contribution in [0.15, 0.2) is 28.8 Å². The number of hydrogen-bond acceptors (Lipinski definition) is 6. The highest BCUT2D eigenvalue weighted by Gasteiger charge is 2.18. The number of amides is 3. The first-order valence-corrected chi connectivity index (χ1v) is 9.97. The molecule has 0 aliphatic heterocycles. The molecule has 9 heteroatoms. The summed E-state index contributed by atoms with van der Waals surface area (Å²) in [4.78, 5) is 26.8. The number of nitrogens with zero attached hydrogens (tertiary/aromatic N) is 2. The van der Waals surface area contributed by atoms with Crippen LogP contribution in [0.1, 0.15) is 38.4 Å². The largest absolute Gasteiger partial charge is 0.497 e. The number of anilines is 2. The molecule has 0 atom stereocenters. The molecule has 2 rings (SSSR count). The topological polar surface area (TPSA) is 106 Å². The molecule has 2 aromatic rings. The fourth-order valence-electron chi connectivity index (χ4n) is 2.85. The third-order valence-electron chi connectivity index (χ3n) is 4.40. The number of hydrogen-bond donors (Lipinski definition) is 2. The molecule has 1 aromatic heterocycles. The lowest BCUT2D eigenvalue weighted by Gasteiger charge is -2.23. The Bertz CT molecular complexity index is 814. The molecule has 0 saturated heterocycles. The van der Waals surface area contributed by atoms with Gasteiger partial charge in [-0.15, -0.1) is 0 Å². The van der Waals surface area contributed by atoms with Gasteiger partial charge in [0.25, 0.3) is 0 Å². The number of carbonyl (C=O) groups is 2. The van der Waals surface area contributed by atoms with E-state index in [1.165, 1.54) is 19.1 Å². The summed E-state index contributed by atoms with van der Waals surface area (Å²) in [6, 6.07) is 6.33. The van der Waals surface area contributed by atoms with E-state index in [2.05, 4.69) is 22.7 Å². The van der Waals surface area contributed by atoms with Crippen molar-refractivity contribution < 1.29 is 23.6 Å². The van der Waals surface area contributed by atoms with Crippen molar-refractivity contribution in [2.75, 3.05) is 37.9 Å². The van der Waals surface area contributed by atoms with E-state index in [-0.39, 0.29) is 18.5 Å². The summed E-state index contributed by atoms with van der Waals surface area (Å²) in [5.74, 6) is 1.67. The summed E-state index contributed by atoms with van der Waals surface area (Å²) in [5.41, 5.74) is 0.516. The molecular weight excluding hydrogens is 388 g/mol. The average Bonchev–Trinajstić information content (AvgIpc) is 3.14. The molecule has 0 radical (unpaired) electrons. The SMILES string of the molecule is CCCCCCN(CC(=O)Nc1cc(C)on1)C(=O)Nc1cc(OC)cc(OC)c1. The van der Waals surface area contributed by atoms with Crippen LogP contribution in [0.25, 0.3) is 0 Å². The number of carbonyl (C=O) groups excluding carboxylic acids is 2. The Morgan fingerprint density at radius 2 is 1.73 bits per heavy atom. The van der Waals surface area contributed by atoms with Crippen LogP contribution in [0, 0.1) is 6.92 Å². The van der Waals surface area contributed by atoms with E-state index in [4.69, 9.17) is 14.0 Å². The number of unbranched alkanes of at least 4 members (excludes halogenated alkanes) is 3. The highest BCUT2D eigenvalue weighted by molar-refractivity contribution is 5.96. The summed E-state index contributed by atoms with van der Waals surface area (Å²) in [7, 11) is 3.08. The molecule has 164 valence electrons. The van der Waals surface area contributed by atoms with Crippen LogP contribution < -0.4 is 20.1 Å². The van der Waals surface area contributed by atoms with Gasteiger partial charge in [-0.05, 0) is 13.3 Å². The minimum absolute atomic E-state index is 0.106. The van der Waals surface area contributed by atoms with Crippen molar-refractivity contribution in [1.82, 2.24) is 10.1 Å². The third kappa shape index (κ3) is 7.31. The van der Waals surface area contributed by atoms with Crippen LogP contribution in [0.4, 0.5) is 16.3 Å². The van der Waals surface area contributed by atoms with Gasteiger partial charge in [0.15, 0.2) is 5.82 Å². The number of aryl methyl sites for hydroxylation is 1. The van der Waals surface area contributed by atoms with Gasteiger partial charge in [0.05, 0.1) is 14.2 Å². The molecule has 0 spiro atoms. The molecule has 0 aliphatic carbocycles. The first kappa shape index (κ1) is 23.1. The van der Waals surface area contributed by atoms with E-state index < -0.39 is 0 Å². The van der Waals surface area contributed by atoms with Crippen molar-refractivity contribution in [1.29, 1.82) is 0 Å². The third-order valence-corrected chi connectivity index (χ3v) is 4.40. The Kier molecular flexibility index (Phi) is 8.99. The van der Waals surface area contributed by atoms with Crippen LogP contribution >= 0.6 is 0 Å². The Hall–Kier alpha value is -3.23. The fourth-order valence-corrected chi connectivity index (χ4v) is 2.85. The fraction of sp³-hybridized carbons (Fsp3) is 0.476. The summed E-state index contributed by atoms with van der Waals surface area (Å²) >= 11 is 0. The van der Waals surface area contributed by atoms with Crippen LogP contribution in [-0.2, 0) is 4.79 Å². The van der Waals surface area contributed by atoms with Crippen LogP contribution in [0.3, 0.4) is 0 Å². The molecule has 0 aliphatic rings. The van der Waals surface area contributed by atoms with E-state index in [1.54, 1.807) is 31.2 Å². The highest BCUT2D eigenvalue weighted by atomic mass is 16.5. The Labute approximate surface area is 176 Å². The molecule has 9 nitrogen and oxygen atoms in total. The highest BCUT2D eigenvalue weighted by Crippen LogP contribution is 2.26. The van der Waals surface area contributed by atoms with Crippen LogP contribution in [0.5, 0.6) is 11.5 Å². The van der Waals surface area contributed by atoms with Gasteiger partial charge < -0.3 is 29.5 Å². The van der Waals surface area contributed by atoms with E-state index in [0.29, 0.717) is 35.3 Å². The van der Waals surface area contributed by atoms with E-state index in [0.717, 1.165) is 25.7 Å². The molecule has 2 N–H and O–H groups in total. The number of rotatable bonds is 11.